The molecule has 0 N–H and O–H groups in total. The van der Waals surface area contributed by atoms with E-state index in [9.17, 15) is 9.59 Å². The van der Waals surface area contributed by atoms with Crippen LogP contribution in [-0.4, -0.2) is 58.0 Å². The average Bonchev–Trinajstić information content (AvgIpc) is 3.08. The Morgan fingerprint density at radius 3 is 2.53 bits per heavy atom. The Bertz CT molecular complexity index is 1170. The number of hydrogen-bond donors (Lipinski definition) is 0. The molecule has 32 heavy (non-hydrogen) atoms. The highest BCUT2D eigenvalue weighted by atomic mass is 35.5. The molecule has 0 unspecified atom stereocenters. The van der Waals surface area contributed by atoms with Crippen molar-refractivity contribution in [2.24, 2.45) is 0 Å². The minimum absolute atomic E-state index is 0.0136. The van der Waals surface area contributed by atoms with Gasteiger partial charge in [-0.25, -0.2) is 0 Å². The van der Waals surface area contributed by atoms with Crippen LogP contribution in [-0.2, 0) is 11.3 Å². The van der Waals surface area contributed by atoms with Crippen molar-refractivity contribution >= 4 is 41.1 Å². The third-order valence-corrected chi connectivity index (χ3v) is 6.48. The fraction of sp³-hybridized carbons (Fsp3) is 0.304. The standard InChI is InChI=1S/C23H23Cl2N5O2/c1-15-5-6-26-20(11-15)23-22(25)16(2)30(27-23)13-21(32)29-9-7-28(8-10-29)18-3-4-19(24)17(12-18)14-31/h3-6,11-12,14H,7-10,13H2,1-2H3. The van der Waals surface area contributed by atoms with E-state index in [0.717, 1.165) is 23.2 Å². The van der Waals surface area contributed by atoms with Crippen LogP contribution in [0.4, 0.5) is 5.69 Å². The van der Waals surface area contributed by atoms with Crippen LogP contribution in [0.5, 0.6) is 0 Å². The number of rotatable bonds is 5. The summed E-state index contributed by atoms with van der Waals surface area (Å²) in [5, 5.41) is 5.51. The summed E-state index contributed by atoms with van der Waals surface area (Å²) in [6, 6.07) is 9.23. The van der Waals surface area contributed by atoms with Gasteiger partial charge in [-0.2, -0.15) is 5.10 Å². The van der Waals surface area contributed by atoms with Crippen molar-refractivity contribution in [1.82, 2.24) is 19.7 Å². The normalized spacial score (nSPS) is 14.0. The van der Waals surface area contributed by atoms with Crippen LogP contribution in [0.15, 0.2) is 36.5 Å². The zero-order chi connectivity index (χ0) is 22.8. The molecular formula is C23H23Cl2N5O2. The monoisotopic (exact) mass is 471 g/mol. The molecule has 0 saturated carbocycles. The van der Waals surface area contributed by atoms with Gasteiger partial charge in [-0.1, -0.05) is 23.2 Å². The zero-order valence-corrected chi connectivity index (χ0v) is 19.4. The second-order valence-corrected chi connectivity index (χ2v) is 8.60. The molecular weight excluding hydrogens is 449 g/mol. The number of nitrogens with zero attached hydrogens (tertiary/aromatic N) is 5. The van der Waals surface area contributed by atoms with Gasteiger partial charge in [-0.15, -0.1) is 0 Å². The predicted octanol–water partition coefficient (Wildman–Crippen LogP) is 4.03. The topological polar surface area (TPSA) is 71.3 Å². The molecule has 3 heterocycles. The number of hydrogen-bond acceptors (Lipinski definition) is 5. The Morgan fingerprint density at radius 2 is 1.84 bits per heavy atom. The molecule has 166 valence electrons. The SMILES string of the molecule is Cc1ccnc(-c2nn(CC(=O)N3CCN(c4ccc(Cl)c(C=O)c4)CC3)c(C)c2Cl)c1. The number of carbonyl (C=O) groups is 2. The third kappa shape index (κ3) is 4.49. The summed E-state index contributed by atoms with van der Waals surface area (Å²) in [5.74, 6) is -0.0136. The van der Waals surface area contributed by atoms with E-state index in [-0.39, 0.29) is 12.5 Å². The molecule has 1 amide bonds. The molecule has 9 heteroatoms. The second kappa shape index (κ2) is 9.30. The highest BCUT2D eigenvalue weighted by molar-refractivity contribution is 6.33. The van der Waals surface area contributed by atoms with Crippen molar-refractivity contribution in [3.05, 3.63) is 63.4 Å². The second-order valence-electron chi connectivity index (χ2n) is 7.82. The van der Waals surface area contributed by atoms with E-state index in [4.69, 9.17) is 23.2 Å². The minimum Gasteiger partial charge on any atom is -0.368 e. The number of amides is 1. The predicted molar refractivity (Wildman–Crippen MR) is 126 cm³/mol. The number of aldehydes is 1. The zero-order valence-electron chi connectivity index (χ0n) is 17.9. The highest BCUT2D eigenvalue weighted by Crippen LogP contribution is 2.29. The van der Waals surface area contributed by atoms with Crippen molar-refractivity contribution in [2.45, 2.75) is 20.4 Å². The van der Waals surface area contributed by atoms with Gasteiger partial charge in [0.1, 0.15) is 12.2 Å². The van der Waals surface area contributed by atoms with Gasteiger partial charge in [0.15, 0.2) is 6.29 Å². The fourth-order valence-electron chi connectivity index (χ4n) is 3.77. The van der Waals surface area contributed by atoms with Gasteiger partial charge < -0.3 is 9.80 Å². The van der Waals surface area contributed by atoms with Crippen molar-refractivity contribution in [2.75, 3.05) is 31.1 Å². The summed E-state index contributed by atoms with van der Waals surface area (Å²) in [7, 11) is 0. The molecule has 1 saturated heterocycles. The number of benzene rings is 1. The van der Waals surface area contributed by atoms with Crippen LogP contribution in [0.2, 0.25) is 10.0 Å². The van der Waals surface area contributed by atoms with Crippen LogP contribution in [0.3, 0.4) is 0 Å². The molecule has 1 aliphatic rings. The van der Waals surface area contributed by atoms with Gasteiger partial charge in [0.25, 0.3) is 0 Å². The molecule has 4 rings (SSSR count). The first kappa shape index (κ1) is 22.3. The molecule has 7 nitrogen and oxygen atoms in total. The Labute approximate surface area is 196 Å². The fourth-order valence-corrected chi connectivity index (χ4v) is 4.16. The van der Waals surface area contributed by atoms with E-state index in [1.54, 1.807) is 23.0 Å². The van der Waals surface area contributed by atoms with Gasteiger partial charge in [0.2, 0.25) is 5.91 Å². The van der Waals surface area contributed by atoms with Crippen LogP contribution in [0.25, 0.3) is 11.4 Å². The summed E-state index contributed by atoms with van der Waals surface area (Å²) in [6.07, 6.45) is 2.47. The van der Waals surface area contributed by atoms with E-state index >= 15 is 0 Å². The van der Waals surface area contributed by atoms with Crippen molar-refractivity contribution < 1.29 is 9.59 Å². The maximum absolute atomic E-state index is 12.9. The molecule has 1 fully saturated rings. The Morgan fingerprint density at radius 1 is 1.09 bits per heavy atom. The van der Waals surface area contributed by atoms with Crippen molar-refractivity contribution in [1.29, 1.82) is 0 Å². The van der Waals surface area contributed by atoms with Crippen molar-refractivity contribution in [3.8, 4) is 11.4 Å². The van der Waals surface area contributed by atoms with Gasteiger partial charge in [0.05, 0.1) is 21.4 Å². The van der Waals surface area contributed by atoms with Gasteiger partial charge >= 0.3 is 0 Å². The average molecular weight is 472 g/mol. The maximum Gasteiger partial charge on any atom is 0.244 e. The molecule has 1 aliphatic heterocycles. The molecule has 3 aromatic rings. The number of carbonyl (C=O) groups excluding carboxylic acids is 2. The van der Waals surface area contributed by atoms with Gasteiger partial charge in [-0.05, 0) is 49.7 Å². The summed E-state index contributed by atoms with van der Waals surface area (Å²) in [4.78, 5) is 32.4. The lowest BCUT2D eigenvalue weighted by Crippen LogP contribution is -2.49. The van der Waals surface area contributed by atoms with Crippen LogP contribution in [0, 0.1) is 13.8 Å². The molecule has 1 aromatic carbocycles. The van der Waals surface area contributed by atoms with Gasteiger partial charge in [0, 0.05) is 43.6 Å². The number of halogens is 2. The third-order valence-electron chi connectivity index (χ3n) is 5.68. The molecule has 0 spiro atoms. The molecule has 0 atom stereocenters. The molecule has 0 radical (unpaired) electrons. The number of aromatic nitrogens is 3. The first-order valence-corrected chi connectivity index (χ1v) is 11.1. The van der Waals surface area contributed by atoms with Crippen LogP contribution < -0.4 is 4.90 Å². The largest absolute Gasteiger partial charge is 0.368 e. The van der Waals surface area contributed by atoms with Gasteiger partial charge in [-0.3, -0.25) is 19.3 Å². The van der Waals surface area contributed by atoms with Crippen LogP contribution >= 0.6 is 23.2 Å². The molecule has 0 bridgehead atoms. The maximum atomic E-state index is 12.9. The number of aryl methyl sites for hydroxylation is 1. The number of anilines is 1. The lowest BCUT2D eigenvalue weighted by molar-refractivity contribution is -0.132. The quantitative estimate of drug-likeness (QED) is 0.525. The smallest absolute Gasteiger partial charge is 0.244 e. The first-order chi connectivity index (χ1) is 15.4. The van der Waals surface area contributed by atoms with E-state index in [2.05, 4.69) is 15.0 Å². The lowest BCUT2D eigenvalue weighted by atomic mass is 10.2. The van der Waals surface area contributed by atoms with E-state index in [0.29, 0.717) is 53.2 Å². The summed E-state index contributed by atoms with van der Waals surface area (Å²) in [6.45, 7) is 6.46. The number of pyridine rings is 1. The Balaban J connectivity index is 1.42. The van der Waals surface area contributed by atoms with Crippen LogP contribution in [0.1, 0.15) is 21.6 Å². The highest BCUT2D eigenvalue weighted by Gasteiger charge is 2.24. The number of piperazine rings is 1. The minimum atomic E-state index is -0.0136. The van der Waals surface area contributed by atoms with E-state index in [1.807, 2.05) is 36.9 Å². The van der Waals surface area contributed by atoms with Crippen molar-refractivity contribution in [3.63, 3.8) is 0 Å². The lowest BCUT2D eigenvalue weighted by Gasteiger charge is -2.36. The summed E-state index contributed by atoms with van der Waals surface area (Å²) in [5.41, 5.74) is 4.46. The Hall–Kier alpha value is -2.90. The molecule has 0 aliphatic carbocycles. The first-order valence-electron chi connectivity index (χ1n) is 10.3. The molecule has 2 aromatic heterocycles. The Kier molecular flexibility index (Phi) is 6.48. The summed E-state index contributed by atoms with van der Waals surface area (Å²) < 4.78 is 1.64. The van der Waals surface area contributed by atoms with E-state index < -0.39 is 0 Å². The summed E-state index contributed by atoms with van der Waals surface area (Å²) >= 11 is 12.5. The van der Waals surface area contributed by atoms with E-state index in [1.165, 1.54) is 0 Å².